The van der Waals surface area contributed by atoms with Gasteiger partial charge in [-0.1, -0.05) is 12.5 Å². The molecule has 20 heavy (non-hydrogen) atoms. The predicted octanol–water partition coefficient (Wildman–Crippen LogP) is 3.50. The summed E-state index contributed by atoms with van der Waals surface area (Å²) in [7, 11) is 0. The molecule has 0 bridgehead atoms. The highest BCUT2D eigenvalue weighted by Gasteiger charge is 2.45. The van der Waals surface area contributed by atoms with Gasteiger partial charge < -0.3 is 9.52 Å². The van der Waals surface area contributed by atoms with E-state index in [0.717, 1.165) is 36.0 Å². The third-order valence-electron chi connectivity index (χ3n) is 4.83. The Bertz CT molecular complexity index is 592. The average Bonchev–Trinajstić information content (AvgIpc) is 2.91. The number of carbonyl (C=O) groups is 1. The number of allylic oxidation sites excluding steroid dienone is 2. The SMILES string of the molecule is CC1=C2CCC[C@H](O)[C@@]2(C)CC(=Cc2ccco2)C1=O. The Hall–Kier alpha value is -1.61. The van der Waals surface area contributed by atoms with E-state index in [0.29, 0.717) is 12.2 Å². The van der Waals surface area contributed by atoms with E-state index in [1.54, 1.807) is 6.26 Å². The van der Waals surface area contributed by atoms with Crippen molar-refractivity contribution in [3.05, 3.63) is 40.9 Å². The number of furan rings is 1. The third-order valence-corrected chi connectivity index (χ3v) is 4.83. The van der Waals surface area contributed by atoms with Gasteiger partial charge in [0.15, 0.2) is 5.78 Å². The van der Waals surface area contributed by atoms with Crippen LogP contribution in [0.15, 0.2) is 39.5 Å². The summed E-state index contributed by atoms with van der Waals surface area (Å²) in [5, 5.41) is 10.4. The van der Waals surface area contributed by atoms with Gasteiger partial charge in [-0.25, -0.2) is 0 Å². The lowest BCUT2D eigenvalue weighted by atomic mass is 9.61. The van der Waals surface area contributed by atoms with Gasteiger partial charge >= 0.3 is 0 Å². The molecule has 0 aromatic carbocycles. The molecular formula is C17H20O3. The van der Waals surface area contributed by atoms with Crippen molar-refractivity contribution < 1.29 is 14.3 Å². The molecule has 0 radical (unpaired) electrons. The zero-order chi connectivity index (χ0) is 14.3. The molecule has 0 amide bonds. The largest absolute Gasteiger partial charge is 0.465 e. The summed E-state index contributed by atoms with van der Waals surface area (Å²) in [6.07, 6.45) is 6.36. The van der Waals surface area contributed by atoms with Crippen molar-refractivity contribution in [3.63, 3.8) is 0 Å². The minimum atomic E-state index is -0.366. The van der Waals surface area contributed by atoms with Gasteiger partial charge in [-0.3, -0.25) is 4.79 Å². The maximum atomic E-state index is 12.5. The minimum absolute atomic E-state index is 0.1000. The highest BCUT2D eigenvalue weighted by Crippen LogP contribution is 2.50. The van der Waals surface area contributed by atoms with E-state index in [2.05, 4.69) is 6.92 Å². The third kappa shape index (κ3) is 1.97. The fraction of sp³-hybridized carbons (Fsp3) is 0.471. The topological polar surface area (TPSA) is 50.4 Å². The Balaban J connectivity index is 2.06. The van der Waals surface area contributed by atoms with Crippen molar-refractivity contribution in [2.75, 3.05) is 0 Å². The summed E-state index contributed by atoms with van der Waals surface area (Å²) in [5.41, 5.74) is 2.41. The van der Waals surface area contributed by atoms with Crippen LogP contribution in [-0.4, -0.2) is 17.0 Å². The number of carbonyl (C=O) groups excluding carboxylic acids is 1. The second-order valence-electron chi connectivity index (χ2n) is 6.12. The second kappa shape index (κ2) is 4.74. The van der Waals surface area contributed by atoms with Crippen LogP contribution in [-0.2, 0) is 4.79 Å². The Morgan fingerprint density at radius 3 is 3.00 bits per heavy atom. The van der Waals surface area contributed by atoms with Crippen LogP contribution in [0.5, 0.6) is 0 Å². The van der Waals surface area contributed by atoms with Gasteiger partial charge in [0.25, 0.3) is 0 Å². The number of Topliss-reactive ketones (excluding diaryl/α,β-unsaturated/α-hetero) is 1. The molecule has 3 rings (SSSR count). The van der Waals surface area contributed by atoms with Crippen molar-refractivity contribution >= 4 is 11.9 Å². The first-order valence-corrected chi connectivity index (χ1v) is 7.19. The van der Waals surface area contributed by atoms with Crippen LogP contribution in [0.2, 0.25) is 0 Å². The van der Waals surface area contributed by atoms with Crippen molar-refractivity contribution in [2.45, 2.75) is 45.6 Å². The first kappa shape index (κ1) is 13.4. The van der Waals surface area contributed by atoms with Crippen molar-refractivity contribution in [3.8, 4) is 0 Å². The Morgan fingerprint density at radius 1 is 1.50 bits per heavy atom. The van der Waals surface area contributed by atoms with Crippen molar-refractivity contribution in [2.24, 2.45) is 5.41 Å². The normalized spacial score (nSPS) is 32.6. The molecule has 3 nitrogen and oxygen atoms in total. The number of fused-ring (bicyclic) bond motifs is 1. The molecule has 1 aromatic rings. The average molecular weight is 272 g/mol. The second-order valence-corrected chi connectivity index (χ2v) is 6.12. The first-order valence-electron chi connectivity index (χ1n) is 7.19. The molecule has 106 valence electrons. The highest BCUT2D eigenvalue weighted by molar-refractivity contribution is 6.12. The maximum absolute atomic E-state index is 12.5. The fourth-order valence-electron chi connectivity index (χ4n) is 3.63. The maximum Gasteiger partial charge on any atom is 0.184 e. The smallest absolute Gasteiger partial charge is 0.184 e. The fourth-order valence-corrected chi connectivity index (χ4v) is 3.63. The standard InChI is InChI=1S/C17H20O3/c1-11-14-6-3-7-15(18)17(14,2)10-12(16(11)19)9-13-5-4-8-20-13/h4-5,8-9,15,18H,3,6-7,10H2,1-2H3/t15-,17-/m0/s1. The van der Waals surface area contributed by atoms with Crippen LogP contribution in [0.4, 0.5) is 0 Å². The summed E-state index contributed by atoms with van der Waals surface area (Å²) < 4.78 is 5.31. The number of aliphatic hydroxyl groups excluding tert-OH is 1. The molecular weight excluding hydrogens is 252 g/mol. The summed E-state index contributed by atoms with van der Waals surface area (Å²) in [6.45, 7) is 3.97. The van der Waals surface area contributed by atoms with Gasteiger partial charge in [0.1, 0.15) is 5.76 Å². The van der Waals surface area contributed by atoms with E-state index >= 15 is 0 Å². The van der Waals surface area contributed by atoms with E-state index < -0.39 is 0 Å². The van der Waals surface area contributed by atoms with Crippen LogP contribution >= 0.6 is 0 Å². The van der Waals surface area contributed by atoms with E-state index in [1.165, 1.54) is 0 Å². The Kier molecular flexibility index (Phi) is 3.17. The number of hydrogen-bond acceptors (Lipinski definition) is 3. The van der Waals surface area contributed by atoms with Crippen molar-refractivity contribution in [1.82, 2.24) is 0 Å². The summed E-state index contributed by atoms with van der Waals surface area (Å²) in [6, 6.07) is 3.65. The molecule has 0 unspecified atom stereocenters. The molecule has 2 aliphatic carbocycles. The Morgan fingerprint density at radius 2 is 2.30 bits per heavy atom. The van der Waals surface area contributed by atoms with E-state index in [4.69, 9.17) is 4.42 Å². The van der Waals surface area contributed by atoms with Crippen LogP contribution in [0, 0.1) is 5.41 Å². The van der Waals surface area contributed by atoms with Crippen LogP contribution in [0.3, 0.4) is 0 Å². The lowest BCUT2D eigenvalue weighted by Gasteiger charge is -2.45. The number of aliphatic hydroxyl groups is 1. The molecule has 0 aliphatic heterocycles. The molecule has 3 heteroatoms. The monoisotopic (exact) mass is 272 g/mol. The van der Waals surface area contributed by atoms with Gasteiger partial charge in [0, 0.05) is 11.0 Å². The minimum Gasteiger partial charge on any atom is -0.465 e. The van der Waals surface area contributed by atoms with Gasteiger partial charge in [0.2, 0.25) is 0 Å². The lowest BCUT2D eigenvalue weighted by Crippen LogP contribution is -2.42. The molecule has 1 aromatic heterocycles. The summed E-state index contributed by atoms with van der Waals surface area (Å²) in [4.78, 5) is 12.5. The van der Waals surface area contributed by atoms with E-state index in [9.17, 15) is 9.90 Å². The van der Waals surface area contributed by atoms with Gasteiger partial charge in [-0.05, 0) is 56.4 Å². The zero-order valence-electron chi connectivity index (χ0n) is 12.0. The molecule has 0 spiro atoms. The number of ketones is 1. The van der Waals surface area contributed by atoms with E-state index in [1.807, 2.05) is 25.1 Å². The van der Waals surface area contributed by atoms with Gasteiger partial charge in [-0.15, -0.1) is 0 Å². The number of rotatable bonds is 1. The van der Waals surface area contributed by atoms with Gasteiger partial charge in [0.05, 0.1) is 12.4 Å². The molecule has 0 saturated heterocycles. The molecule has 1 heterocycles. The molecule has 1 fully saturated rings. The highest BCUT2D eigenvalue weighted by atomic mass is 16.3. The summed E-state index contributed by atoms with van der Waals surface area (Å²) in [5.74, 6) is 0.793. The lowest BCUT2D eigenvalue weighted by molar-refractivity contribution is -0.113. The quantitative estimate of drug-likeness (QED) is 0.796. The predicted molar refractivity (Wildman–Crippen MR) is 77.0 cm³/mol. The number of hydrogen-bond donors (Lipinski definition) is 1. The van der Waals surface area contributed by atoms with Crippen LogP contribution in [0.25, 0.3) is 6.08 Å². The zero-order valence-corrected chi connectivity index (χ0v) is 12.0. The molecule has 1 N–H and O–H groups in total. The molecule has 1 saturated carbocycles. The van der Waals surface area contributed by atoms with E-state index in [-0.39, 0.29) is 17.3 Å². The van der Waals surface area contributed by atoms with Crippen LogP contribution in [0.1, 0.15) is 45.3 Å². The first-order chi connectivity index (χ1) is 9.52. The molecule has 2 atom stereocenters. The van der Waals surface area contributed by atoms with Crippen molar-refractivity contribution in [1.29, 1.82) is 0 Å². The Labute approximate surface area is 119 Å². The summed E-state index contributed by atoms with van der Waals surface area (Å²) >= 11 is 0. The molecule has 2 aliphatic rings. The van der Waals surface area contributed by atoms with Crippen LogP contribution < -0.4 is 0 Å². The van der Waals surface area contributed by atoms with Gasteiger partial charge in [-0.2, -0.15) is 0 Å².